The topological polar surface area (TPSA) is 9.23 Å². The van der Waals surface area contributed by atoms with Crippen LogP contribution in [0.15, 0.2) is 0 Å². The molecule has 0 heterocycles. The fourth-order valence-electron chi connectivity index (χ4n) is 0.512. The Hall–Kier alpha value is -0.0400. The van der Waals surface area contributed by atoms with Crippen LogP contribution in [0.2, 0.25) is 0 Å². The largest absolute Gasteiger partial charge is 0.376 e. The Morgan fingerprint density at radius 1 is 1.56 bits per heavy atom. The van der Waals surface area contributed by atoms with Gasteiger partial charge >= 0.3 is 0 Å². The van der Waals surface area contributed by atoms with E-state index >= 15 is 0 Å². The first kappa shape index (κ1) is 8.96. The summed E-state index contributed by atoms with van der Waals surface area (Å²) in [6.45, 7) is 8.58. The van der Waals surface area contributed by atoms with Gasteiger partial charge in [-0.2, -0.15) is 0 Å². The van der Waals surface area contributed by atoms with Gasteiger partial charge in [0.1, 0.15) is 0 Å². The fourth-order valence-corrected chi connectivity index (χ4v) is 0.512. The molecule has 0 amide bonds. The molecule has 0 aliphatic carbocycles. The normalized spacial score (nSPS) is 10.0. The van der Waals surface area contributed by atoms with E-state index in [4.69, 9.17) is 4.74 Å². The van der Waals surface area contributed by atoms with Crippen LogP contribution in [0.5, 0.6) is 0 Å². The summed E-state index contributed by atoms with van der Waals surface area (Å²) in [7, 11) is 0. The summed E-state index contributed by atoms with van der Waals surface area (Å²) in [5.74, 6) is 0. The van der Waals surface area contributed by atoms with Crippen LogP contribution in [0.4, 0.5) is 0 Å². The average Bonchev–Trinajstić information content (AvgIpc) is 1.89. The lowest BCUT2D eigenvalue weighted by Gasteiger charge is -1.98. The molecule has 0 aliphatic heterocycles. The van der Waals surface area contributed by atoms with Crippen molar-refractivity contribution in [2.24, 2.45) is 0 Å². The summed E-state index contributed by atoms with van der Waals surface area (Å²) in [5, 5.41) is 0. The standard InChI is InChI=1S/C8H16O/c1-3-5-6-8-9-7-4-2/h8H,1,3-7H2,2H3. The Labute approximate surface area is 58.4 Å². The zero-order chi connectivity index (χ0) is 6.95. The highest BCUT2D eigenvalue weighted by Gasteiger charge is 1.85. The van der Waals surface area contributed by atoms with E-state index < -0.39 is 0 Å². The molecule has 9 heavy (non-hydrogen) atoms. The van der Waals surface area contributed by atoms with Gasteiger partial charge in [-0.05, 0) is 12.8 Å². The van der Waals surface area contributed by atoms with Gasteiger partial charge in [0.15, 0.2) is 0 Å². The number of rotatable bonds is 6. The summed E-state index contributed by atoms with van der Waals surface area (Å²) < 4.78 is 5.13. The van der Waals surface area contributed by atoms with Crippen molar-refractivity contribution < 1.29 is 4.74 Å². The van der Waals surface area contributed by atoms with E-state index in [1.54, 1.807) is 0 Å². The van der Waals surface area contributed by atoms with Crippen LogP contribution in [0.25, 0.3) is 0 Å². The highest BCUT2D eigenvalue weighted by Crippen LogP contribution is 1.98. The fraction of sp³-hybridized carbons (Fsp3) is 0.750. The van der Waals surface area contributed by atoms with Gasteiger partial charge in [0.05, 0.1) is 6.61 Å². The minimum absolute atomic E-state index is 0.858. The van der Waals surface area contributed by atoms with Gasteiger partial charge in [-0.25, -0.2) is 0 Å². The third-order valence-corrected chi connectivity index (χ3v) is 1.01. The summed E-state index contributed by atoms with van der Waals surface area (Å²) in [6, 6.07) is 0. The molecule has 0 bridgehead atoms. The van der Waals surface area contributed by atoms with Gasteiger partial charge in [-0.3, -0.25) is 0 Å². The van der Waals surface area contributed by atoms with Gasteiger partial charge in [0.25, 0.3) is 0 Å². The van der Waals surface area contributed by atoms with E-state index in [1.165, 1.54) is 0 Å². The van der Waals surface area contributed by atoms with Gasteiger partial charge < -0.3 is 4.74 Å². The van der Waals surface area contributed by atoms with Crippen molar-refractivity contribution in [1.29, 1.82) is 0 Å². The molecule has 0 spiro atoms. The Balaban J connectivity index is 2.60. The second-order valence-corrected chi connectivity index (χ2v) is 2.03. The summed E-state index contributed by atoms with van der Waals surface area (Å²) >= 11 is 0. The highest BCUT2D eigenvalue weighted by atomic mass is 16.5. The van der Waals surface area contributed by atoms with E-state index in [-0.39, 0.29) is 0 Å². The molecule has 0 N–H and O–H groups in total. The summed E-state index contributed by atoms with van der Waals surface area (Å²) in [4.78, 5) is 0. The van der Waals surface area contributed by atoms with Crippen molar-refractivity contribution >= 4 is 0 Å². The molecule has 1 nitrogen and oxygen atoms in total. The Morgan fingerprint density at radius 2 is 2.33 bits per heavy atom. The zero-order valence-electron chi connectivity index (χ0n) is 6.23. The maximum Gasteiger partial charge on any atom is 0.0836 e. The number of unbranched alkanes of at least 4 members (excludes halogenated alkanes) is 2. The predicted molar refractivity (Wildman–Crippen MR) is 39.8 cm³/mol. The van der Waals surface area contributed by atoms with Crippen LogP contribution >= 0.6 is 0 Å². The van der Waals surface area contributed by atoms with Crippen molar-refractivity contribution in [2.45, 2.75) is 32.6 Å². The maximum atomic E-state index is 5.13. The lowest BCUT2D eigenvalue weighted by atomic mass is 10.3. The van der Waals surface area contributed by atoms with Crippen molar-refractivity contribution in [3.05, 3.63) is 13.5 Å². The van der Waals surface area contributed by atoms with E-state index in [9.17, 15) is 0 Å². The van der Waals surface area contributed by atoms with Crippen LogP contribution in [0, 0.1) is 13.5 Å². The molecule has 0 aromatic rings. The molecule has 0 atom stereocenters. The van der Waals surface area contributed by atoms with Crippen LogP contribution in [0.1, 0.15) is 32.6 Å². The predicted octanol–water partition coefficient (Wildman–Crippen LogP) is 2.58. The van der Waals surface area contributed by atoms with Gasteiger partial charge in [0.2, 0.25) is 0 Å². The summed E-state index contributed by atoms with van der Waals surface area (Å²) in [5.41, 5.74) is 0. The lowest BCUT2D eigenvalue weighted by Crippen LogP contribution is -1.88. The molecule has 0 fully saturated rings. The number of ether oxygens (including phenoxy) is 1. The van der Waals surface area contributed by atoms with E-state index in [0.29, 0.717) is 0 Å². The molecular formula is C8H16O. The molecule has 0 rings (SSSR count). The molecule has 0 unspecified atom stereocenters. The first-order valence-electron chi connectivity index (χ1n) is 3.64. The molecule has 2 radical (unpaired) electrons. The van der Waals surface area contributed by atoms with Crippen molar-refractivity contribution in [2.75, 3.05) is 6.61 Å². The Kier molecular flexibility index (Phi) is 7.92. The first-order valence-corrected chi connectivity index (χ1v) is 3.64. The Bertz CT molecular complexity index is 37.8. The summed E-state index contributed by atoms with van der Waals surface area (Å²) in [6.07, 6.45) is 4.29. The number of hydrogen-bond donors (Lipinski definition) is 0. The maximum absolute atomic E-state index is 5.13. The minimum atomic E-state index is 0.858. The SMILES string of the molecule is [CH2]CCC[CH]OCCC. The van der Waals surface area contributed by atoms with Crippen molar-refractivity contribution in [3.8, 4) is 0 Å². The van der Waals surface area contributed by atoms with Crippen LogP contribution in [-0.2, 0) is 4.74 Å². The zero-order valence-corrected chi connectivity index (χ0v) is 6.23. The molecule has 0 aliphatic rings. The van der Waals surface area contributed by atoms with Crippen LogP contribution in [0.3, 0.4) is 0 Å². The van der Waals surface area contributed by atoms with Crippen molar-refractivity contribution in [1.82, 2.24) is 0 Å². The van der Waals surface area contributed by atoms with Crippen LogP contribution < -0.4 is 0 Å². The van der Waals surface area contributed by atoms with E-state index in [2.05, 4.69) is 13.8 Å². The number of hydrogen-bond acceptors (Lipinski definition) is 1. The quantitative estimate of drug-likeness (QED) is 0.499. The first-order chi connectivity index (χ1) is 4.41. The minimum Gasteiger partial charge on any atom is -0.376 e. The lowest BCUT2D eigenvalue weighted by molar-refractivity contribution is 0.191. The third kappa shape index (κ3) is 7.96. The highest BCUT2D eigenvalue weighted by molar-refractivity contribution is 4.51. The van der Waals surface area contributed by atoms with Crippen molar-refractivity contribution in [3.63, 3.8) is 0 Å². The van der Waals surface area contributed by atoms with Gasteiger partial charge in [-0.1, -0.05) is 26.7 Å². The van der Waals surface area contributed by atoms with E-state index in [0.717, 1.165) is 32.3 Å². The van der Waals surface area contributed by atoms with Gasteiger partial charge in [-0.15, -0.1) is 0 Å². The molecule has 54 valence electrons. The average molecular weight is 128 g/mol. The second-order valence-electron chi connectivity index (χ2n) is 2.03. The van der Waals surface area contributed by atoms with Crippen LogP contribution in [-0.4, -0.2) is 6.61 Å². The molecule has 0 aromatic carbocycles. The Morgan fingerprint density at radius 3 is 2.89 bits per heavy atom. The molecular weight excluding hydrogens is 112 g/mol. The second kappa shape index (κ2) is 7.96. The van der Waals surface area contributed by atoms with E-state index in [1.807, 2.05) is 6.61 Å². The smallest absolute Gasteiger partial charge is 0.0836 e. The molecule has 1 heteroatoms. The monoisotopic (exact) mass is 128 g/mol. The third-order valence-electron chi connectivity index (χ3n) is 1.01. The molecule has 0 saturated heterocycles. The van der Waals surface area contributed by atoms with Gasteiger partial charge in [0, 0.05) is 6.61 Å². The molecule has 0 saturated carbocycles. The molecule has 0 aromatic heterocycles.